The molecule has 0 aliphatic heterocycles. The molecule has 2 aromatic heterocycles. The van der Waals surface area contributed by atoms with Crippen molar-refractivity contribution in [2.24, 2.45) is 0 Å². The minimum absolute atomic E-state index is 0.0761. The highest BCUT2D eigenvalue weighted by molar-refractivity contribution is 6.07. The van der Waals surface area contributed by atoms with E-state index < -0.39 is 0 Å². The molecule has 1 aromatic carbocycles. The monoisotopic (exact) mass is 351 g/mol. The molecule has 2 N–H and O–H groups in total. The summed E-state index contributed by atoms with van der Waals surface area (Å²) in [6.45, 7) is 7.10. The first kappa shape index (κ1) is 17.7. The number of benzene rings is 1. The Labute approximate surface area is 151 Å². The van der Waals surface area contributed by atoms with E-state index in [1.807, 2.05) is 24.3 Å². The molecule has 26 heavy (non-hydrogen) atoms. The minimum atomic E-state index is -0.373. The SMILES string of the molecule is CCc1ccc(-c2cc(NC(=O)c3[nH]c(C)c(C(C)=O)c3C)on2)cc1. The molecule has 0 aliphatic carbocycles. The zero-order valence-electron chi connectivity index (χ0n) is 15.3. The van der Waals surface area contributed by atoms with Crippen LogP contribution in [0.25, 0.3) is 11.3 Å². The number of aryl methyl sites for hydroxylation is 2. The maximum atomic E-state index is 12.5. The van der Waals surface area contributed by atoms with Crippen LogP contribution in [0.3, 0.4) is 0 Å². The molecule has 0 unspecified atom stereocenters. The number of amides is 1. The highest BCUT2D eigenvalue weighted by Gasteiger charge is 2.21. The highest BCUT2D eigenvalue weighted by Crippen LogP contribution is 2.24. The Balaban J connectivity index is 1.80. The van der Waals surface area contributed by atoms with Crippen LogP contribution in [0.1, 0.15) is 51.5 Å². The maximum Gasteiger partial charge on any atom is 0.274 e. The summed E-state index contributed by atoms with van der Waals surface area (Å²) in [5.41, 5.74) is 4.99. The van der Waals surface area contributed by atoms with E-state index in [1.54, 1.807) is 19.9 Å². The first-order chi connectivity index (χ1) is 12.4. The Kier molecular flexibility index (Phi) is 4.75. The average molecular weight is 351 g/mol. The van der Waals surface area contributed by atoms with E-state index in [4.69, 9.17) is 4.52 Å². The number of nitrogens with zero attached hydrogens (tertiary/aromatic N) is 1. The van der Waals surface area contributed by atoms with Crippen molar-refractivity contribution in [3.05, 3.63) is 58.4 Å². The van der Waals surface area contributed by atoms with Crippen molar-refractivity contribution in [3.8, 4) is 11.3 Å². The summed E-state index contributed by atoms with van der Waals surface area (Å²) in [6.07, 6.45) is 0.970. The van der Waals surface area contributed by atoms with Crippen LogP contribution in [-0.2, 0) is 6.42 Å². The lowest BCUT2D eigenvalue weighted by molar-refractivity contribution is 0.101. The van der Waals surface area contributed by atoms with Gasteiger partial charge in [-0.15, -0.1) is 0 Å². The average Bonchev–Trinajstić information content (AvgIpc) is 3.19. The van der Waals surface area contributed by atoms with Crippen molar-refractivity contribution in [2.45, 2.75) is 34.1 Å². The van der Waals surface area contributed by atoms with E-state index in [0.29, 0.717) is 28.2 Å². The van der Waals surface area contributed by atoms with E-state index in [9.17, 15) is 9.59 Å². The molecular formula is C20H21N3O3. The number of rotatable bonds is 5. The van der Waals surface area contributed by atoms with Crippen LogP contribution >= 0.6 is 0 Å². The van der Waals surface area contributed by atoms with Gasteiger partial charge in [0.25, 0.3) is 5.91 Å². The van der Waals surface area contributed by atoms with Crippen LogP contribution in [0.2, 0.25) is 0 Å². The first-order valence-corrected chi connectivity index (χ1v) is 8.48. The van der Waals surface area contributed by atoms with Crippen molar-refractivity contribution in [1.29, 1.82) is 0 Å². The number of aromatic nitrogens is 2. The van der Waals surface area contributed by atoms with Gasteiger partial charge in [0.05, 0.1) is 0 Å². The molecule has 2 heterocycles. The maximum absolute atomic E-state index is 12.5. The number of carbonyl (C=O) groups is 2. The van der Waals surface area contributed by atoms with Gasteiger partial charge in [-0.2, -0.15) is 0 Å². The van der Waals surface area contributed by atoms with Gasteiger partial charge in [-0.3, -0.25) is 14.9 Å². The molecule has 0 saturated carbocycles. The number of anilines is 1. The number of carbonyl (C=O) groups excluding carboxylic acids is 2. The zero-order valence-corrected chi connectivity index (χ0v) is 15.3. The van der Waals surface area contributed by atoms with Crippen molar-refractivity contribution in [2.75, 3.05) is 5.32 Å². The molecule has 0 radical (unpaired) electrons. The molecule has 1 amide bonds. The van der Waals surface area contributed by atoms with Gasteiger partial charge in [0.15, 0.2) is 5.78 Å². The van der Waals surface area contributed by atoms with Crippen LogP contribution < -0.4 is 5.32 Å². The van der Waals surface area contributed by atoms with Gasteiger partial charge in [0.2, 0.25) is 5.88 Å². The Morgan fingerprint density at radius 2 is 1.88 bits per heavy atom. The third kappa shape index (κ3) is 3.31. The van der Waals surface area contributed by atoms with E-state index in [-0.39, 0.29) is 17.6 Å². The van der Waals surface area contributed by atoms with Crippen LogP contribution in [0.5, 0.6) is 0 Å². The summed E-state index contributed by atoms with van der Waals surface area (Å²) < 4.78 is 5.23. The first-order valence-electron chi connectivity index (χ1n) is 8.48. The summed E-state index contributed by atoms with van der Waals surface area (Å²) in [6, 6.07) is 9.70. The number of H-pyrrole nitrogens is 1. The lowest BCUT2D eigenvalue weighted by Crippen LogP contribution is -2.13. The van der Waals surface area contributed by atoms with Crippen LogP contribution in [0.15, 0.2) is 34.9 Å². The van der Waals surface area contributed by atoms with Gasteiger partial charge < -0.3 is 9.51 Å². The second kappa shape index (κ2) is 7.00. The molecule has 0 aliphatic rings. The van der Waals surface area contributed by atoms with Gasteiger partial charge in [-0.25, -0.2) is 0 Å². The van der Waals surface area contributed by atoms with Crippen molar-refractivity contribution >= 4 is 17.6 Å². The molecule has 0 bridgehead atoms. The molecule has 6 nitrogen and oxygen atoms in total. The molecule has 0 spiro atoms. The van der Waals surface area contributed by atoms with E-state index in [0.717, 1.165) is 12.0 Å². The molecule has 6 heteroatoms. The number of Topliss-reactive ketones (excluding diaryl/α,β-unsaturated/α-hetero) is 1. The summed E-state index contributed by atoms with van der Waals surface area (Å²) in [5, 5.41) is 6.69. The second-order valence-corrected chi connectivity index (χ2v) is 6.26. The van der Waals surface area contributed by atoms with Gasteiger partial charge in [-0.1, -0.05) is 36.3 Å². The van der Waals surface area contributed by atoms with Crippen LogP contribution in [0.4, 0.5) is 5.88 Å². The molecule has 0 saturated heterocycles. The Hall–Kier alpha value is -3.15. The number of ketones is 1. The van der Waals surface area contributed by atoms with E-state index >= 15 is 0 Å². The second-order valence-electron chi connectivity index (χ2n) is 6.26. The van der Waals surface area contributed by atoms with Gasteiger partial charge >= 0.3 is 0 Å². The molecular weight excluding hydrogens is 330 g/mol. The lowest BCUT2D eigenvalue weighted by atomic mass is 10.1. The van der Waals surface area contributed by atoms with Crippen LogP contribution in [-0.4, -0.2) is 21.8 Å². The molecule has 3 rings (SSSR count). The summed E-state index contributed by atoms with van der Waals surface area (Å²) >= 11 is 0. The molecule has 0 fully saturated rings. The van der Waals surface area contributed by atoms with E-state index in [2.05, 4.69) is 22.4 Å². The fourth-order valence-electron chi connectivity index (χ4n) is 3.06. The number of hydrogen-bond donors (Lipinski definition) is 2. The summed E-state index contributed by atoms with van der Waals surface area (Å²) in [4.78, 5) is 27.2. The predicted molar refractivity (Wildman–Crippen MR) is 99.5 cm³/mol. The summed E-state index contributed by atoms with van der Waals surface area (Å²) in [5.74, 6) is -0.199. The lowest BCUT2D eigenvalue weighted by Gasteiger charge is -2.00. The third-order valence-electron chi connectivity index (χ3n) is 4.42. The smallest absolute Gasteiger partial charge is 0.274 e. The Morgan fingerprint density at radius 1 is 1.19 bits per heavy atom. The third-order valence-corrected chi connectivity index (χ3v) is 4.42. The quantitative estimate of drug-likeness (QED) is 0.671. The van der Waals surface area contributed by atoms with Crippen molar-refractivity contribution in [3.63, 3.8) is 0 Å². The minimum Gasteiger partial charge on any atom is -0.354 e. The predicted octanol–water partition coefficient (Wildman–Crippen LogP) is 4.30. The molecule has 0 atom stereocenters. The fraction of sp³-hybridized carbons (Fsp3) is 0.250. The van der Waals surface area contributed by atoms with Crippen molar-refractivity contribution < 1.29 is 14.1 Å². The number of aromatic amines is 1. The molecule has 3 aromatic rings. The largest absolute Gasteiger partial charge is 0.354 e. The van der Waals surface area contributed by atoms with Gasteiger partial charge in [0, 0.05) is 22.9 Å². The fourth-order valence-corrected chi connectivity index (χ4v) is 3.06. The van der Waals surface area contributed by atoms with E-state index in [1.165, 1.54) is 12.5 Å². The van der Waals surface area contributed by atoms with Crippen molar-refractivity contribution in [1.82, 2.24) is 10.1 Å². The highest BCUT2D eigenvalue weighted by atomic mass is 16.5. The number of hydrogen-bond acceptors (Lipinski definition) is 4. The topological polar surface area (TPSA) is 88.0 Å². The standard InChI is InChI=1S/C20H21N3O3/c1-5-14-6-8-15(9-7-14)16-10-17(26-23-16)22-20(25)19-11(2)18(13(4)24)12(3)21-19/h6-10,21H,5H2,1-4H3,(H,22,25). The molecule has 134 valence electrons. The number of nitrogens with one attached hydrogen (secondary N) is 2. The Bertz CT molecular complexity index is 965. The van der Waals surface area contributed by atoms with Crippen LogP contribution in [0, 0.1) is 13.8 Å². The van der Waals surface area contributed by atoms with Gasteiger partial charge in [0.1, 0.15) is 11.4 Å². The Morgan fingerprint density at radius 3 is 2.46 bits per heavy atom. The summed E-state index contributed by atoms with van der Waals surface area (Å²) in [7, 11) is 0. The zero-order chi connectivity index (χ0) is 18.8. The normalized spacial score (nSPS) is 10.8. The van der Waals surface area contributed by atoms with Gasteiger partial charge in [-0.05, 0) is 38.3 Å².